The van der Waals surface area contributed by atoms with Crippen molar-refractivity contribution in [2.75, 3.05) is 0 Å². The van der Waals surface area contributed by atoms with Gasteiger partial charge in [0.15, 0.2) is 0 Å². The zero-order valence-corrected chi connectivity index (χ0v) is 11.6. The normalized spacial score (nSPS) is 10.8. The molecule has 4 heteroatoms. The minimum Gasteiger partial charge on any atom is -0.239 e. The van der Waals surface area contributed by atoms with Crippen molar-refractivity contribution in [1.29, 1.82) is 5.26 Å². The predicted molar refractivity (Wildman–Crippen MR) is 75.1 cm³/mol. The van der Waals surface area contributed by atoms with Crippen LogP contribution in [0.1, 0.15) is 11.1 Å². The number of nitrogens with zero attached hydrogens (tertiary/aromatic N) is 2. The molecule has 3 nitrogen and oxygen atoms in total. The second-order valence-corrected chi connectivity index (χ2v) is 6.52. The molecule has 0 amide bonds. The van der Waals surface area contributed by atoms with Crippen LogP contribution >= 0.6 is 0 Å². The largest absolute Gasteiger partial charge is 0.239 e. The van der Waals surface area contributed by atoms with Crippen LogP contribution < -0.4 is 0 Å². The fraction of sp³-hybridized carbons (Fsp3) is 0.133. The number of benzene rings is 2. The van der Waals surface area contributed by atoms with Gasteiger partial charge in [0.05, 0.1) is 9.79 Å². The Labute approximate surface area is 113 Å². The van der Waals surface area contributed by atoms with E-state index in [9.17, 15) is 4.21 Å². The minimum absolute atomic E-state index is 0.559. The Morgan fingerprint density at radius 3 is 1.58 bits per heavy atom. The summed E-state index contributed by atoms with van der Waals surface area (Å²) in [7, 11) is -2.87. The van der Waals surface area contributed by atoms with Crippen molar-refractivity contribution in [1.82, 2.24) is 0 Å². The number of hydrogen-bond donors (Lipinski definition) is 0. The maximum atomic E-state index is 13.0. The van der Waals surface area contributed by atoms with Crippen LogP contribution in [0.25, 0.3) is 0 Å². The smallest absolute Gasteiger partial charge is 0.215 e. The van der Waals surface area contributed by atoms with Crippen LogP contribution in [0.3, 0.4) is 0 Å². The summed E-state index contributed by atoms with van der Waals surface area (Å²) < 4.78 is 16.7. The zero-order chi connectivity index (χ0) is 13.9. The molecule has 0 fully saturated rings. The van der Waals surface area contributed by atoms with Crippen molar-refractivity contribution in [2.24, 2.45) is 4.36 Å². The van der Waals surface area contributed by atoms with Crippen LogP contribution in [0.5, 0.6) is 0 Å². The monoisotopic (exact) mass is 270 g/mol. The van der Waals surface area contributed by atoms with Gasteiger partial charge in [-0.2, -0.15) is 5.26 Å². The number of aryl methyl sites for hydroxylation is 2. The van der Waals surface area contributed by atoms with E-state index in [-0.39, 0.29) is 0 Å². The van der Waals surface area contributed by atoms with Gasteiger partial charge in [0, 0.05) is 0 Å². The van der Waals surface area contributed by atoms with E-state index in [0.29, 0.717) is 9.79 Å². The third-order valence-corrected chi connectivity index (χ3v) is 5.01. The molecule has 0 aliphatic rings. The van der Waals surface area contributed by atoms with Crippen LogP contribution in [0.2, 0.25) is 0 Å². The van der Waals surface area contributed by atoms with E-state index in [2.05, 4.69) is 4.36 Å². The molecule has 0 aliphatic carbocycles. The van der Waals surface area contributed by atoms with Crippen molar-refractivity contribution in [3.8, 4) is 6.19 Å². The first-order valence-electron chi connectivity index (χ1n) is 5.85. The minimum atomic E-state index is -2.87. The van der Waals surface area contributed by atoms with Crippen LogP contribution in [0, 0.1) is 25.3 Å². The van der Waals surface area contributed by atoms with Crippen molar-refractivity contribution in [3.05, 3.63) is 59.7 Å². The Morgan fingerprint density at radius 1 is 0.895 bits per heavy atom. The van der Waals surface area contributed by atoms with Gasteiger partial charge in [0.1, 0.15) is 9.73 Å². The number of hydrogen-bond acceptors (Lipinski definition) is 3. The van der Waals surface area contributed by atoms with Gasteiger partial charge >= 0.3 is 0 Å². The van der Waals surface area contributed by atoms with Crippen molar-refractivity contribution >= 4 is 9.73 Å². The zero-order valence-electron chi connectivity index (χ0n) is 10.8. The highest BCUT2D eigenvalue weighted by Crippen LogP contribution is 2.24. The van der Waals surface area contributed by atoms with Gasteiger partial charge in [-0.1, -0.05) is 35.4 Å². The molecule has 2 rings (SSSR count). The van der Waals surface area contributed by atoms with Crippen molar-refractivity contribution in [3.63, 3.8) is 0 Å². The molecule has 2 aromatic rings. The van der Waals surface area contributed by atoms with Gasteiger partial charge in [-0.3, -0.25) is 0 Å². The van der Waals surface area contributed by atoms with Crippen molar-refractivity contribution < 1.29 is 4.21 Å². The molecule has 19 heavy (non-hydrogen) atoms. The molecule has 0 atom stereocenters. The Morgan fingerprint density at radius 2 is 1.26 bits per heavy atom. The first-order chi connectivity index (χ1) is 9.06. The SMILES string of the molecule is Cc1ccc(S(=O)(=NC#N)c2ccc(C)cc2)cc1. The quantitative estimate of drug-likeness (QED) is 0.782. The molecule has 0 saturated heterocycles. The highest BCUT2D eigenvalue weighted by Gasteiger charge is 2.15. The average molecular weight is 270 g/mol. The maximum absolute atomic E-state index is 13.0. The Kier molecular flexibility index (Phi) is 3.68. The standard InChI is InChI=1S/C15H14N2OS/c1-12-3-7-14(8-4-12)19(18,17-11-16)15-9-5-13(2)6-10-15/h3-10H,1-2H3. The third-order valence-electron chi connectivity index (χ3n) is 2.85. The molecule has 0 heterocycles. The molecular formula is C15H14N2OS. The van der Waals surface area contributed by atoms with Gasteiger partial charge in [-0.15, -0.1) is 4.36 Å². The molecule has 0 spiro atoms. The Bertz CT molecular complexity index is 680. The van der Waals surface area contributed by atoms with Gasteiger partial charge in [-0.05, 0) is 38.1 Å². The maximum Gasteiger partial charge on any atom is 0.215 e. The molecule has 0 aromatic heterocycles. The summed E-state index contributed by atoms with van der Waals surface area (Å²) >= 11 is 0. The summed E-state index contributed by atoms with van der Waals surface area (Å²) in [5, 5.41) is 8.84. The van der Waals surface area contributed by atoms with E-state index in [1.807, 2.05) is 38.1 Å². The second-order valence-electron chi connectivity index (χ2n) is 4.34. The summed E-state index contributed by atoms with van der Waals surface area (Å²) in [4.78, 5) is 1.12. The number of rotatable bonds is 2. The topological polar surface area (TPSA) is 53.2 Å². The van der Waals surface area contributed by atoms with E-state index in [4.69, 9.17) is 5.26 Å². The summed E-state index contributed by atoms with van der Waals surface area (Å²) in [6, 6.07) is 14.5. The van der Waals surface area contributed by atoms with E-state index >= 15 is 0 Å². The molecule has 0 aliphatic heterocycles. The molecule has 0 bridgehead atoms. The lowest BCUT2D eigenvalue weighted by Gasteiger charge is -2.09. The molecule has 0 N–H and O–H groups in total. The summed E-state index contributed by atoms with van der Waals surface area (Å²) in [5.74, 6) is 0. The fourth-order valence-corrected chi connectivity index (χ4v) is 3.35. The predicted octanol–water partition coefficient (Wildman–Crippen LogP) is 3.67. The van der Waals surface area contributed by atoms with Crippen molar-refractivity contribution in [2.45, 2.75) is 23.6 Å². The summed E-state index contributed by atoms with van der Waals surface area (Å²) in [6.07, 6.45) is 1.68. The van der Waals surface area contributed by atoms with Gasteiger partial charge in [-0.25, -0.2) is 4.21 Å². The molecule has 2 aromatic carbocycles. The highest BCUT2D eigenvalue weighted by molar-refractivity contribution is 7.93. The molecule has 96 valence electrons. The van der Waals surface area contributed by atoms with Gasteiger partial charge in [0.2, 0.25) is 6.19 Å². The lowest BCUT2D eigenvalue weighted by Crippen LogP contribution is -2.01. The summed E-state index contributed by atoms with van der Waals surface area (Å²) in [5.41, 5.74) is 2.15. The Hall–Kier alpha value is -2.12. The molecule has 0 saturated carbocycles. The van der Waals surface area contributed by atoms with Gasteiger partial charge < -0.3 is 0 Å². The van der Waals surface area contributed by atoms with E-state index in [0.717, 1.165) is 11.1 Å². The average Bonchev–Trinajstić information content (AvgIpc) is 2.40. The highest BCUT2D eigenvalue weighted by atomic mass is 32.2. The molecule has 0 radical (unpaired) electrons. The number of nitriles is 1. The van der Waals surface area contributed by atoms with E-state index in [1.54, 1.807) is 30.5 Å². The van der Waals surface area contributed by atoms with Crippen LogP contribution in [0.15, 0.2) is 62.7 Å². The molecule has 0 unspecified atom stereocenters. The first-order valence-corrected chi connectivity index (χ1v) is 7.36. The lowest BCUT2D eigenvalue weighted by molar-refractivity contribution is 0.676. The Balaban J connectivity index is 2.66. The van der Waals surface area contributed by atoms with E-state index in [1.165, 1.54) is 0 Å². The summed E-state index contributed by atoms with van der Waals surface area (Å²) in [6.45, 7) is 3.91. The van der Waals surface area contributed by atoms with E-state index < -0.39 is 9.73 Å². The fourth-order valence-electron chi connectivity index (χ4n) is 1.74. The second kappa shape index (κ2) is 5.25. The first kappa shape index (κ1) is 13.3. The van der Waals surface area contributed by atoms with Crippen LogP contribution in [-0.4, -0.2) is 4.21 Å². The van der Waals surface area contributed by atoms with Gasteiger partial charge in [0.25, 0.3) is 0 Å². The third kappa shape index (κ3) is 2.67. The van der Waals surface area contributed by atoms with Crippen LogP contribution in [-0.2, 0) is 9.73 Å². The lowest BCUT2D eigenvalue weighted by atomic mass is 10.2. The van der Waals surface area contributed by atoms with Crippen LogP contribution in [0.4, 0.5) is 0 Å². The molecular weight excluding hydrogens is 256 g/mol.